The van der Waals surface area contributed by atoms with Gasteiger partial charge < -0.3 is 5.11 Å². The zero-order valence-corrected chi connectivity index (χ0v) is 10.6. The molecule has 92 valence electrons. The van der Waals surface area contributed by atoms with Crippen LogP contribution in [0.25, 0.3) is 10.2 Å². The second-order valence-electron chi connectivity index (χ2n) is 4.51. The van der Waals surface area contributed by atoms with E-state index in [9.17, 15) is 9.90 Å². The van der Waals surface area contributed by atoms with E-state index >= 15 is 0 Å². The number of carboxylic acid groups (broad SMARTS) is 1. The normalized spacial score (nSPS) is 23.3. The lowest BCUT2D eigenvalue weighted by Gasteiger charge is -2.22. The maximum Gasteiger partial charge on any atom is 0.307 e. The number of thiazole rings is 1. The number of aliphatic carboxylic acids is 1. The van der Waals surface area contributed by atoms with Crippen molar-refractivity contribution in [3.8, 4) is 0 Å². The van der Waals surface area contributed by atoms with E-state index in [2.05, 4.69) is 11.1 Å². The number of aromatic nitrogens is 1. The van der Waals surface area contributed by atoms with Gasteiger partial charge in [-0.15, -0.1) is 11.3 Å². The number of carbonyl (C=O) groups is 1. The van der Waals surface area contributed by atoms with Crippen LogP contribution in [0.3, 0.4) is 0 Å². The number of allylic oxidation sites excluding steroid dienone is 2. The third kappa shape index (κ3) is 1.93. The van der Waals surface area contributed by atoms with Crippen LogP contribution in [-0.4, -0.2) is 16.1 Å². The maximum absolute atomic E-state index is 11.3. The minimum atomic E-state index is -0.719. The van der Waals surface area contributed by atoms with Gasteiger partial charge in [-0.3, -0.25) is 4.79 Å². The van der Waals surface area contributed by atoms with Gasteiger partial charge in [0.2, 0.25) is 0 Å². The van der Waals surface area contributed by atoms with Gasteiger partial charge in [0, 0.05) is 5.92 Å². The van der Waals surface area contributed by atoms with Crippen LogP contribution in [0.2, 0.25) is 0 Å². The van der Waals surface area contributed by atoms with Gasteiger partial charge in [0.1, 0.15) is 0 Å². The molecular formula is C14H13NO2S. The zero-order chi connectivity index (χ0) is 12.5. The molecule has 18 heavy (non-hydrogen) atoms. The van der Waals surface area contributed by atoms with Crippen molar-refractivity contribution in [1.82, 2.24) is 4.98 Å². The van der Waals surface area contributed by atoms with Gasteiger partial charge in [-0.2, -0.15) is 0 Å². The highest BCUT2D eigenvalue weighted by atomic mass is 32.1. The summed E-state index contributed by atoms with van der Waals surface area (Å²) in [7, 11) is 0. The lowest BCUT2D eigenvalue weighted by Crippen LogP contribution is -2.23. The third-order valence-electron chi connectivity index (χ3n) is 3.38. The number of carboxylic acids is 1. The molecule has 0 saturated carbocycles. The molecule has 0 aliphatic heterocycles. The smallest absolute Gasteiger partial charge is 0.307 e. The van der Waals surface area contributed by atoms with Gasteiger partial charge in [0.25, 0.3) is 0 Å². The average Bonchev–Trinajstić information content (AvgIpc) is 2.82. The lowest BCUT2D eigenvalue weighted by molar-refractivity contribution is -0.142. The van der Waals surface area contributed by atoms with E-state index in [0.717, 1.165) is 21.6 Å². The zero-order valence-electron chi connectivity index (χ0n) is 9.74. The lowest BCUT2D eigenvalue weighted by atomic mass is 9.83. The first-order valence-corrected chi connectivity index (χ1v) is 6.80. The summed E-state index contributed by atoms with van der Waals surface area (Å²) in [5.41, 5.74) is 0.969. The summed E-state index contributed by atoms with van der Waals surface area (Å²) in [5.74, 6) is -1.04. The average molecular weight is 259 g/mol. The highest BCUT2D eigenvalue weighted by Gasteiger charge is 2.31. The molecular weight excluding hydrogens is 246 g/mol. The number of fused-ring (bicyclic) bond motifs is 1. The number of rotatable bonds is 2. The SMILES string of the molecule is O=C(O)[C@H]1CC=CC[C@@H]1c1nc2ccccc2s1. The van der Waals surface area contributed by atoms with Crippen LogP contribution in [0.1, 0.15) is 23.8 Å². The van der Waals surface area contributed by atoms with E-state index < -0.39 is 5.97 Å². The van der Waals surface area contributed by atoms with E-state index in [4.69, 9.17) is 0 Å². The number of nitrogens with zero attached hydrogens (tertiary/aromatic N) is 1. The van der Waals surface area contributed by atoms with Gasteiger partial charge in [-0.05, 0) is 25.0 Å². The van der Waals surface area contributed by atoms with Crippen molar-refractivity contribution in [2.75, 3.05) is 0 Å². The van der Waals surface area contributed by atoms with Crippen LogP contribution in [0.5, 0.6) is 0 Å². The molecule has 0 radical (unpaired) electrons. The Kier molecular flexibility index (Phi) is 2.88. The summed E-state index contributed by atoms with van der Waals surface area (Å²) in [6.45, 7) is 0. The van der Waals surface area contributed by atoms with E-state index in [1.165, 1.54) is 0 Å². The number of hydrogen-bond donors (Lipinski definition) is 1. The summed E-state index contributed by atoms with van der Waals surface area (Å²) in [5, 5.41) is 10.2. The van der Waals surface area contributed by atoms with Crippen molar-refractivity contribution in [3.05, 3.63) is 41.4 Å². The summed E-state index contributed by atoms with van der Waals surface area (Å²) >= 11 is 1.62. The molecule has 1 aliphatic carbocycles. The Labute approximate surface area is 109 Å². The van der Waals surface area contributed by atoms with Gasteiger partial charge in [-0.25, -0.2) is 4.98 Å². The van der Waals surface area contributed by atoms with Crippen molar-refractivity contribution < 1.29 is 9.90 Å². The van der Waals surface area contributed by atoms with Crippen molar-refractivity contribution in [3.63, 3.8) is 0 Å². The van der Waals surface area contributed by atoms with Crippen LogP contribution in [0, 0.1) is 5.92 Å². The Morgan fingerprint density at radius 1 is 1.28 bits per heavy atom. The third-order valence-corrected chi connectivity index (χ3v) is 4.55. The van der Waals surface area contributed by atoms with Crippen LogP contribution in [-0.2, 0) is 4.79 Å². The minimum absolute atomic E-state index is 0.0184. The Balaban J connectivity index is 2.02. The molecule has 0 bridgehead atoms. The molecule has 2 aromatic rings. The first-order valence-electron chi connectivity index (χ1n) is 5.99. The largest absolute Gasteiger partial charge is 0.481 e. The fraction of sp³-hybridized carbons (Fsp3) is 0.286. The Morgan fingerprint density at radius 2 is 2.06 bits per heavy atom. The van der Waals surface area contributed by atoms with Gasteiger partial charge >= 0.3 is 5.97 Å². The van der Waals surface area contributed by atoms with E-state index in [1.54, 1.807) is 11.3 Å². The number of hydrogen-bond acceptors (Lipinski definition) is 3. The predicted molar refractivity (Wildman–Crippen MR) is 71.9 cm³/mol. The van der Waals surface area contributed by atoms with Gasteiger partial charge in [-0.1, -0.05) is 24.3 Å². The molecule has 1 heterocycles. The molecule has 2 atom stereocenters. The highest BCUT2D eigenvalue weighted by molar-refractivity contribution is 7.18. The van der Waals surface area contributed by atoms with Crippen molar-refractivity contribution >= 4 is 27.5 Å². The van der Waals surface area contributed by atoms with Gasteiger partial charge in [0.15, 0.2) is 0 Å². The quantitative estimate of drug-likeness (QED) is 0.841. The molecule has 1 aromatic heterocycles. The second kappa shape index (κ2) is 4.53. The standard InChI is InChI=1S/C14H13NO2S/c16-14(17)10-6-2-1-5-9(10)13-15-11-7-3-4-8-12(11)18-13/h1-4,7-10H,5-6H2,(H,16,17)/t9-,10-/m0/s1. The highest BCUT2D eigenvalue weighted by Crippen LogP contribution is 2.38. The number of para-hydroxylation sites is 1. The molecule has 1 N–H and O–H groups in total. The summed E-state index contributed by atoms with van der Waals surface area (Å²) in [6, 6.07) is 7.95. The molecule has 0 amide bonds. The Morgan fingerprint density at radius 3 is 2.83 bits per heavy atom. The first kappa shape index (κ1) is 11.4. The maximum atomic E-state index is 11.3. The topological polar surface area (TPSA) is 50.2 Å². The predicted octanol–water partition coefficient (Wildman–Crippen LogP) is 3.43. The van der Waals surface area contributed by atoms with Crippen molar-refractivity contribution in [1.29, 1.82) is 0 Å². The van der Waals surface area contributed by atoms with E-state index in [0.29, 0.717) is 6.42 Å². The molecule has 0 fully saturated rings. The molecule has 0 spiro atoms. The first-order chi connectivity index (χ1) is 8.75. The number of benzene rings is 1. The van der Waals surface area contributed by atoms with E-state index in [1.807, 2.05) is 30.3 Å². The molecule has 0 saturated heterocycles. The monoisotopic (exact) mass is 259 g/mol. The minimum Gasteiger partial charge on any atom is -0.481 e. The summed E-state index contributed by atoms with van der Waals surface area (Å²) in [4.78, 5) is 15.9. The summed E-state index contributed by atoms with van der Waals surface area (Å²) < 4.78 is 1.13. The molecule has 3 nitrogen and oxygen atoms in total. The molecule has 1 aliphatic rings. The molecule has 0 unspecified atom stereocenters. The van der Waals surface area contributed by atoms with Crippen molar-refractivity contribution in [2.24, 2.45) is 5.92 Å². The van der Waals surface area contributed by atoms with Crippen molar-refractivity contribution in [2.45, 2.75) is 18.8 Å². The fourth-order valence-electron chi connectivity index (χ4n) is 2.41. The molecule has 1 aromatic carbocycles. The molecule has 3 rings (SSSR count). The Hall–Kier alpha value is -1.68. The van der Waals surface area contributed by atoms with Crippen LogP contribution in [0.4, 0.5) is 0 Å². The van der Waals surface area contributed by atoms with Crippen LogP contribution in [0.15, 0.2) is 36.4 Å². The summed E-state index contributed by atoms with van der Waals surface area (Å²) in [6.07, 6.45) is 5.41. The molecule has 4 heteroatoms. The Bertz CT molecular complexity index is 584. The van der Waals surface area contributed by atoms with Gasteiger partial charge in [0.05, 0.1) is 21.1 Å². The fourth-order valence-corrected chi connectivity index (χ4v) is 3.55. The van der Waals surface area contributed by atoms with Crippen LogP contribution >= 0.6 is 11.3 Å². The van der Waals surface area contributed by atoms with E-state index in [-0.39, 0.29) is 11.8 Å². The van der Waals surface area contributed by atoms with Crippen LogP contribution < -0.4 is 0 Å². The second-order valence-corrected chi connectivity index (χ2v) is 5.58.